The van der Waals surface area contributed by atoms with Gasteiger partial charge in [0.25, 0.3) is 0 Å². The average molecular weight is 301 g/mol. The zero-order chi connectivity index (χ0) is 13.6. The normalized spacial score (nSPS) is 30.6. The molecule has 0 spiro atoms. The van der Waals surface area contributed by atoms with Crippen molar-refractivity contribution in [1.82, 2.24) is 4.98 Å². The first-order valence-corrected chi connectivity index (χ1v) is 8.87. The Kier molecular flexibility index (Phi) is 3.21. The van der Waals surface area contributed by atoms with Gasteiger partial charge in [0.1, 0.15) is 10.7 Å². The summed E-state index contributed by atoms with van der Waals surface area (Å²) in [5.41, 5.74) is 0. The van der Waals surface area contributed by atoms with Crippen molar-refractivity contribution in [2.24, 2.45) is 0 Å². The molecule has 2 aliphatic rings. The number of rotatable bonds is 2. The summed E-state index contributed by atoms with van der Waals surface area (Å²) in [7, 11) is -3.25. The van der Waals surface area contributed by atoms with Gasteiger partial charge in [0.15, 0.2) is 9.84 Å². The predicted molar refractivity (Wildman–Crippen MR) is 75.5 cm³/mol. The van der Waals surface area contributed by atoms with Crippen LogP contribution in [0.5, 0.6) is 0 Å². The van der Waals surface area contributed by atoms with Gasteiger partial charge in [0, 0.05) is 29.9 Å². The topological polar surface area (TPSA) is 50.3 Å². The summed E-state index contributed by atoms with van der Waals surface area (Å²) in [5.74, 6) is 0.612. The highest BCUT2D eigenvalue weighted by Gasteiger charge is 2.42. The Balaban J connectivity index is 2.05. The maximum absolute atomic E-state index is 11.9. The number of fused-ring (bicyclic) bond motifs is 2. The van der Waals surface area contributed by atoms with Crippen molar-refractivity contribution in [3.8, 4) is 0 Å². The molecule has 0 saturated carbocycles. The molecule has 2 bridgehead atoms. The Morgan fingerprint density at radius 3 is 2.53 bits per heavy atom. The van der Waals surface area contributed by atoms with Crippen molar-refractivity contribution in [3.63, 3.8) is 0 Å². The highest BCUT2D eigenvalue weighted by Crippen LogP contribution is 2.41. The Morgan fingerprint density at radius 1 is 1.32 bits per heavy atom. The summed E-state index contributed by atoms with van der Waals surface area (Å²) in [5, 5.41) is 0.208. The van der Waals surface area contributed by atoms with Crippen LogP contribution in [-0.2, 0) is 9.84 Å². The molecule has 2 atom stereocenters. The van der Waals surface area contributed by atoms with E-state index in [9.17, 15) is 8.42 Å². The van der Waals surface area contributed by atoms with Gasteiger partial charge in [-0.05, 0) is 37.8 Å². The molecule has 19 heavy (non-hydrogen) atoms. The van der Waals surface area contributed by atoms with Crippen LogP contribution in [0.2, 0.25) is 0 Å². The summed E-state index contributed by atoms with van der Waals surface area (Å²) in [6, 6.07) is 3.98. The fourth-order valence-electron chi connectivity index (χ4n) is 3.32. The van der Waals surface area contributed by atoms with Gasteiger partial charge in [-0.1, -0.05) is 0 Å². The van der Waals surface area contributed by atoms with Crippen molar-refractivity contribution >= 4 is 27.3 Å². The van der Waals surface area contributed by atoms with E-state index < -0.39 is 9.84 Å². The molecule has 0 amide bonds. The average Bonchev–Trinajstić information content (AvgIpc) is 2.60. The second kappa shape index (κ2) is 4.63. The lowest BCUT2D eigenvalue weighted by Crippen LogP contribution is -2.44. The van der Waals surface area contributed by atoms with E-state index in [4.69, 9.17) is 11.6 Å². The van der Waals surface area contributed by atoms with Crippen molar-refractivity contribution in [2.45, 2.75) is 48.0 Å². The first-order valence-electron chi connectivity index (χ1n) is 6.54. The smallest absolute Gasteiger partial charge is 0.179 e. The Hall–Kier alpha value is -0.810. The minimum Gasteiger partial charge on any atom is -0.349 e. The van der Waals surface area contributed by atoms with Crippen molar-refractivity contribution in [1.29, 1.82) is 0 Å². The van der Waals surface area contributed by atoms with Gasteiger partial charge in [0.05, 0.1) is 0 Å². The van der Waals surface area contributed by atoms with E-state index in [0.717, 1.165) is 25.7 Å². The lowest BCUT2D eigenvalue weighted by Gasteiger charge is -2.38. The van der Waals surface area contributed by atoms with Crippen LogP contribution < -0.4 is 4.90 Å². The fourth-order valence-corrected chi connectivity index (χ4v) is 4.55. The molecule has 3 rings (SSSR count). The SMILES string of the molecule is CS(=O)(=O)c1cccnc1N1C2CCC1CC(Cl)C2. The number of sulfone groups is 1. The second-order valence-electron chi connectivity index (χ2n) is 5.46. The van der Waals surface area contributed by atoms with Crippen molar-refractivity contribution in [2.75, 3.05) is 11.2 Å². The van der Waals surface area contributed by atoms with Gasteiger partial charge in [-0.3, -0.25) is 0 Å². The monoisotopic (exact) mass is 300 g/mol. The van der Waals surface area contributed by atoms with Crippen molar-refractivity contribution < 1.29 is 8.42 Å². The van der Waals surface area contributed by atoms with E-state index in [1.54, 1.807) is 18.3 Å². The van der Waals surface area contributed by atoms with Gasteiger partial charge in [0.2, 0.25) is 0 Å². The third-order valence-corrected chi connectivity index (χ3v) is 5.54. The molecule has 0 radical (unpaired) electrons. The number of aromatic nitrogens is 1. The maximum atomic E-state index is 11.9. The van der Waals surface area contributed by atoms with Gasteiger partial charge >= 0.3 is 0 Å². The van der Waals surface area contributed by atoms with Gasteiger partial charge < -0.3 is 4.90 Å². The van der Waals surface area contributed by atoms with E-state index in [1.165, 1.54) is 6.26 Å². The zero-order valence-electron chi connectivity index (χ0n) is 10.8. The van der Waals surface area contributed by atoms with Gasteiger partial charge in [-0.25, -0.2) is 13.4 Å². The molecule has 2 aliphatic heterocycles. The lowest BCUT2D eigenvalue weighted by molar-refractivity contribution is 0.467. The molecule has 0 aliphatic carbocycles. The molecule has 2 fully saturated rings. The third kappa shape index (κ3) is 2.34. The lowest BCUT2D eigenvalue weighted by atomic mass is 10.0. The van der Waals surface area contributed by atoms with Crippen LogP contribution in [0, 0.1) is 0 Å². The number of halogens is 1. The predicted octanol–water partition coefficient (Wildman–Crippen LogP) is 2.22. The molecule has 3 heterocycles. The number of anilines is 1. The highest BCUT2D eigenvalue weighted by atomic mass is 35.5. The summed E-state index contributed by atoms with van der Waals surface area (Å²) in [4.78, 5) is 6.86. The third-order valence-electron chi connectivity index (χ3n) is 4.07. The van der Waals surface area contributed by atoms with E-state index >= 15 is 0 Å². The molecule has 1 aromatic rings. The number of piperidine rings is 1. The Labute approximate surface area is 118 Å². The largest absolute Gasteiger partial charge is 0.349 e. The summed E-state index contributed by atoms with van der Waals surface area (Å²) >= 11 is 6.26. The quantitative estimate of drug-likeness (QED) is 0.786. The van der Waals surface area contributed by atoms with Crippen LogP contribution in [0.4, 0.5) is 5.82 Å². The maximum Gasteiger partial charge on any atom is 0.179 e. The van der Waals surface area contributed by atoms with Crippen LogP contribution >= 0.6 is 11.6 Å². The number of hydrogen-bond donors (Lipinski definition) is 0. The number of pyridine rings is 1. The number of nitrogens with zero attached hydrogens (tertiary/aromatic N) is 2. The second-order valence-corrected chi connectivity index (χ2v) is 8.06. The standard InChI is InChI=1S/C13H17ClN2O2S/c1-19(17,18)12-3-2-6-15-13(12)16-10-4-5-11(16)8-9(14)7-10/h2-3,6,9-11H,4-5,7-8H2,1H3. The minimum atomic E-state index is -3.25. The molecule has 2 unspecified atom stereocenters. The molecule has 1 aromatic heterocycles. The molecular formula is C13H17ClN2O2S. The van der Waals surface area contributed by atoms with Crippen LogP contribution in [0.3, 0.4) is 0 Å². The Morgan fingerprint density at radius 2 is 1.95 bits per heavy atom. The fraction of sp³-hybridized carbons (Fsp3) is 0.615. The molecule has 4 nitrogen and oxygen atoms in total. The molecule has 2 saturated heterocycles. The number of hydrogen-bond acceptors (Lipinski definition) is 4. The molecule has 6 heteroatoms. The van der Waals surface area contributed by atoms with Crippen LogP contribution in [0.15, 0.2) is 23.2 Å². The first-order chi connectivity index (χ1) is 8.97. The highest BCUT2D eigenvalue weighted by molar-refractivity contribution is 7.90. The van der Waals surface area contributed by atoms with Crippen LogP contribution in [0.1, 0.15) is 25.7 Å². The van der Waals surface area contributed by atoms with E-state index in [1.807, 2.05) is 0 Å². The van der Waals surface area contributed by atoms with Gasteiger partial charge in [-0.2, -0.15) is 0 Å². The minimum absolute atomic E-state index is 0.208. The molecule has 104 valence electrons. The number of alkyl halides is 1. The van der Waals surface area contributed by atoms with Gasteiger partial charge in [-0.15, -0.1) is 11.6 Å². The molecule has 0 aromatic carbocycles. The van der Waals surface area contributed by atoms with Crippen LogP contribution in [0.25, 0.3) is 0 Å². The van der Waals surface area contributed by atoms with Crippen LogP contribution in [-0.4, -0.2) is 37.1 Å². The summed E-state index contributed by atoms with van der Waals surface area (Å²) < 4.78 is 23.8. The van der Waals surface area contributed by atoms with E-state index in [0.29, 0.717) is 22.8 Å². The van der Waals surface area contributed by atoms with E-state index in [2.05, 4.69) is 9.88 Å². The van der Waals surface area contributed by atoms with Crippen molar-refractivity contribution in [3.05, 3.63) is 18.3 Å². The molecule has 0 N–H and O–H groups in total. The summed E-state index contributed by atoms with van der Waals surface area (Å²) in [6.45, 7) is 0. The van der Waals surface area contributed by atoms with E-state index in [-0.39, 0.29) is 5.38 Å². The zero-order valence-corrected chi connectivity index (χ0v) is 12.4. The molecular weight excluding hydrogens is 284 g/mol. The first kappa shape index (κ1) is 13.2. The summed E-state index contributed by atoms with van der Waals surface area (Å²) in [6.07, 6.45) is 6.89. The Bertz CT molecular complexity index is 576.